The zero-order valence-corrected chi connectivity index (χ0v) is 13.5. The van der Waals surface area contributed by atoms with Gasteiger partial charge in [-0.2, -0.15) is 17.4 Å². The Morgan fingerprint density at radius 3 is 2.52 bits per heavy atom. The molecule has 0 radical (unpaired) electrons. The van der Waals surface area contributed by atoms with Crippen LogP contribution >= 0.6 is 0 Å². The van der Waals surface area contributed by atoms with Gasteiger partial charge in [-0.1, -0.05) is 12.1 Å². The van der Waals surface area contributed by atoms with E-state index in [2.05, 4.69) is 4.72 Å². The lowest BCUT2D eigenvalue weighted by atomic mass is 10.1. The molecule has 21 heavy (non-hydrogen) atoms. The number of rotatable bonds is 7. The molecule has 6 nitrogen and oxygen atoms in total. The second kappa shape index (κ2) is 6.31. The summed E-state index contributed by atoms with van der Waals surface area (Å²) in [7, 11) is 1.82. The highest BCUT2D eigenvalue weighted by Crippen LogP contribution is 2.28. The van der Waals surface area contributed by atoms with E-state index in [-0.39, 0.29) is 12.6 Å². The van der Waals surface area contributed by atoms with E-state index in [1.165, 1.54) is 4.31 Å². The van der Waals surface area contributed by atoms with Crippen molar-refractivity contribution in [3.63, 3.8) is 0 Å². The van der Waals surface area contributed by atoms with Crippen LogP contribution in [0.15, 0.2) is 24.3 Å². The van der Waals surface area contributed by atoms with Gasteiger partial charge in [0.25, 0.3) is 10.2 Å². The van der Waals surface area contributed by atoms with E-state index in [4.69, 9.17) is 0 Å². The molecule has 0 aromatic heterocycles. The number of benzene rings is 1. The molecule has 1 aromatic rings. The van der Waals surface area contributed by atoms with Crippen molar-refractivity contribution in [3.05, 3.63) is 29.8 Å². The fourth-order valence-electron chi connectivity index (χ4n) is 2.13. The summed E-state index contributed by atoms with van der Waals surface area (Å²) in [4.78, 5) is 1.93. The molecule has 0 bridgehead atoms. The molecule has 1 aliphatic carbocycles. The number of nitrogens with one attached hydrogen (secondary N) is 1. The monoisotopic (exact) mass is 313 g/mol. The van der Waals surface area contributed by atoms with Gasteiger partial charge >= 0.3 is 0 Å². The van der Waals surface area contributed by atoms with Gasteiger partial charge in [0.15, 0.2) is 0 Å². The molecule has 1 aromatic carbocycles. The summed E-state index contributed by atoms with van der Waals surface area (Å²) in [5, 5.41) is 9.55. The number of aliphatic hydroxyl groups is 1. The van der Waals surface area contributed by atoms with Crippen LogP contribution in [0, 0.1) is 0 Å². The van der Waals surface area contributed by atoms with Crippen LogP contribution in [0.5, 0.6) is 0 Å². The summed E-state index contributed by atoms with van der Waals surface area (Å²) < 4.78 is 28.5. The molecule has 1 fully saturated rings. The van der Waals surface area contributed by atoms with Gasteiger partial charge in [-0.3, -0.25) is 0 Å². The Hall–Kier alpha value is -1.15. The van der Waals surface area contributed by atoms with Crippen molar-refractivity contribution in [3.8, 4) is 0 Å². The first-order chi connectivity index (χ1) is 9.85. The number of aliphatic hydroxyl groups excluding tert-OH is 1. The molecule has 0 saturated heterocycles. The van der Waals surface area contributed by atoms with Gasteiger partial charge < -0.3 is 10.0 Å². The predicted octanol–water partition coefficient (Wildman–Crippen LogP) is 0.715. The Kier molecular flexibility index (Phi) is 4.88. The van der Waals surface area contributed by atoms with Gasteiger partial charge in [-0.25, -0.2) is 0 Å². The Bertz CT molecular complexity index is 585. The standard InChI is InChI=1S/C14H23N3O3S/c1-16(2)13-6-4-5-11(9-13)14(10-18)15-21(19,20)17(3)12-7-8-12/h4-6,9,12,14-15,18H,7-8,10H2,1-3H3/t14-/m0/s1. The van der Waals surface area contributed by atoms with E-state index >= 15 is 0 Å². The maximum atomic E-state index is 12.3. The van der Waals surface area contributed by atoms with Crippen molar-refractivity contribution < 1.29 is 13.5 Å². The highest BCUT2D eigenvalue weighted by atomic mass is 32.2. The minimum atomic E-state index is -3.58. The number of anilines is 1. The third-order valence-electron chi connectivity index (χ3n) is 3.70. The van der Waals surface area contributed by atoms with E-state index in [0.717, 1.165) is 24.1 Å². The van der Waals surface area contributed by atoms with Gasteiger partial charge in [-0.05, 0) is 30.5 Å². The average Bonchev–Trinajstić information content (AvgIpc) is 3.28. The Balaban J connectivity index is 2.17. The fourth-order valence-corrected chi connectivity index (χ4v) is 3.47. The molecule has 0 unspecified atom stereocenters. The van der Waals surface area contributed by atoms with E-state index in [9.17, 15) is 13.5 Å². The third-order valence-corrected chi connectivity index (χ3v) is 5.34. The van der Waals surface area contributed by atoms with E-state index in [1.54, 1.807) is 7.05 Å². The molecule has 2 rings (SSSR count). The van der Waals surface area contributed by atoms with Crippen LogP contribution < -0.4 is 9.62 Å². The molecule has 1 saturated carbocycles. The zero-order chi connectivity index (χ0) is 15.6. The van der Waals surface area contributed by atoms with Crippen LogP contribution in [0.25, 0.3) is 0 Å². The van der Waals surface area contributed by atoms with E-state index < -0.39 is 16.3 Å². The summed E-state index contributed by atoms with van der Waals surface area (Å²) in [6, 6.07) is 6.93. The average molecular weight is 313 g/mol. The fraction of sp³-hybridized carbons (Fsp3) is 0.571. The molecule has 0 amide bonds. The molecule has 1 atom stereocenters. The van der Waals surface area contributed by atoms with Gasteiger partial charge in [0, 0.05) is 32.9 Å². The SMILES string of the molecule is CN(C)c1cccc([C@H](CO)NS(=O)(=O)N(C)C2CC2)c1. The summed E-state index contributed by atoms with van der Waals surface area (Å²) in [5.41, 5.74) is 1.71. The molecule has 2 N–H and O–H groups in total. The zero-order valence-electron chi connectivity index (χ0n) is 12.7. The first-order valence-corrected chi connectivity index (χ1v) is 8.42. The van der Waals surface area contributed by atoms with E-state index in [1.807, 2.05) is 43.3 Å². The lowest BCUT2D eigenvalue weighted by molar-refractivity contribution is 0.256. The summed E-state index contributed by atoms with van der Waals surface area (Å²) >= 11 is 0. The Morgan fingerprint density at radius 1 is 1.33 bits per heavy atom. The van der Waals surface area contributed by atoms with Crippen LogP contribution in [-0.2, 0) is 10.2 Å². The minimum Gasteiger partial charge on any atom is -0.394 e. The van der Waals surface area contributed by atoms with Crippen LogP contribution in [0.4, 0.5) is 5.69 Å². The first-order valence-electron chi connectivity index (χ1n) is 6.98. The molecule has 0 spiro atoms. The van der Waals surface area contributed by atoms with Crippen LogP contribution in [0.1, 0.15) is 24.4 Å². The van der Waals surface area contributed by atoms with Crippen molar-refractivity contribution in [2.24, 2.45) is 0 Å². The molecule has 118 valence electrons. The maximum absolute atomic E-state index is 12.3. The normalized spacial score (nSPS) is 17.0. The molecule has 1 aliphatic rings. The van der Waals surface area contributed by atoms with Gasteiger partial charge in [-0.15, -0.1) is 0 Å². The van der Waals surface area contributed by atoms with Crippen molar-refractivity contribution in [2.75, 3.05) is 32.6 Å². The van der Waals surface area contributed by atoms with Crippen LogP contribution in [0.3, 0.4) is 0 Å². The highest BCUT2D eigenvalue weighted by Gasteiger charge is 2.35. The van der Waals surface area contributed by atoms with Crippen molar-refractivity contribution in [1.82, 2.24) is 9.03 Å². The number of hydrogen-bond donors (Lipinski definition) is 2. The number of hydrogen-bond acceptors (Lipinski definition) is 4. The minimum absolute atomic E-state index is 0.0925. The van der Waals surface area contributed by atoms with E-state index in [0.29, 0.717) is 0 Å². The first kappa shape index (κ1) is 16.2. The highest BCUT2D eigenvalue weighted by molar-refractivity contribution is 7.87. The molecule has 0 aliphatic heterocycles. The van der Waals surface area contributed by atoms with Crippen molar-refractivity contribution in [2.45, 2.75) is 24.9 Å². The Labute approximate surface area is 126 Å². The molecule has 0 heterocycles. The topological polar surface area (TPSA) is 72.9 Å². The van der Waals surface area contributed by atoms with Gasteiger partial charge in [0.1, 0.15) is 0 Å². The second-order valence-electron chi connectivity index (χ2n) is 5.59. The molecular formula is C14H23N3O3S. The van der Waals surface area contributed by atoms with Crippen molar-refractivity contribution >= 4 is 15.9 Å². The predicted molar refractivity (Wildman–Crippen MR) is 83.4 cm³/mol. The second-order valence-corrected chi connectivity index (χ2v) is 7.36. The Morgan fingerprint density at radius 2 is 2.00 bits per heavy atom. The lowest BCUT2D eigenvalue weighted by Gasteiger charge is -2.23. The van der Waals surface area contributed by atoms with Crippen LogP contribution in [0.2, 0.25) is 0 Å². The lowest BCUT2D eigenvalue weighted by Crippen LogP contribution is -2.42. The summed E-state index contributed by atoms with van der Waals surface area (Å²) in [6.07, 6.45) is 1.80. The molecular weight excluding hydrogens is 290 g/mol. The maximum Gasteiger partial charge on any atom is 0.280 e. The third kappa shape index (κ3) is 3.94. The number of nitrogens with zero attached hydrogens (tertiary/aromatic N) is 2. The summed E-state index contributed by atoms with van der Waals surface area (Å²) in [6.45, 7) is -0.283. The van der Waals surface area contributed by atoms with Crippen LogP contribution in [-0.4, -0.2) is 51.6 Å². The quantitative estimate of drug-likeness (QED) is 0.778. The summed E-state index contributed by atoms with van der Waals surface area (Å²) in [5.74, 6) is 0. The smallest absolute Gasteiger partial charge is 0.280 e. The van der Waals surface area contributed by atoms with Gasteiger partial charge in [0.05, 0.1) is 12.6 Å². The largest absolute Gasteiger partial charge is 0.394 e. The van der Waals surface area contributed by atoms with Crippen molar-refractivity contribution in [1.29, 1.82) is 0 Å². The van der Waals surface area contributed by atoms with Gasteiger partial charge in [0.2, 0.25) is 0 Å². The molecule has 7 heteroatoms.